The molecule has 1 unspecified atom stereocenters. The Kier molecular flexibility index (Phi) is 10.6. The van der Waals surface area contributed by atoms with Gasteiger partial charge in [0.1, 0.15) is 0 Å². The minimum atomic E-state index is -0.383. The summed E-state index contributed by atoms with van der Waals surface area (Å²) in [4.78, 5) is 17.2. The number of non-ortho nitro benzene ring substituents is 1. The predicted molar refractivity (Wildman–Crippen MR) is 118 cm³/mol. The van der Waals surface area contributed by atoms with E-state index < -0.39 is 0 Å². The highest BCUT2D eigenvalue weighted by molar-refractivity contribution is 14.0. The number of ether oxygens (including phenoxy) is 1. The maximum Gasteiger partial charge on any atom is 0.269 e. The topological polar surface area (TPSA) is 92.0 Å². The van der Waals surface area contributed by atoms with Crippen LogP contribution in [0.25, 0.3) is 0 Å². The van der Waals surface area contributed by atoms with Crippen molar-refractivity contribution < 1.29 is 9.66 Å². The molecule has 0 radical (unpaired) electrons. The lowest BCUT2D eigenvalue weighted by Crippen LogP contribution is -2.52. The van der Waals surface area contributed by atoms with Gasteiger partial charge in [-0.05, 0) is 11.5 Å². The molecule has 1 aromatic carbocycles. The van der Waals surface area contributed by atoms with Crippen LogP contribution in [0.1, 0.15) is 19.4 Å². The van der Waals surface area contributed by atoms with Gasteiger partial charge in [0.05, 0.1) is 18.1 Å². The van der Waals surface area contributed by atoms with Crippen LogP contribution < -0.4 is 10.6 Å². The molecule has 2 rings (SSSR count). The van der Waals surface area contributed by atoms with Gasteiger partial charge in [-0.3, -0.25) is 20.0 Å². The summed E-state index contributed by atoms with van der Waals surface area (Å²) in [6.07, 6.45) is 0. The minimum Gasteiger partial charge on any atom is -0.379 e. The number of nitrogens with one attached hydrogen (secondary N) is 2. The maximum absolute atomic E-state index is 10.9. The van der Waals surface area contributed by atoms with Gasteiger partial charge in [0, 0.05) is 51.4 Å². The fourth-order valence-corrected chi connectivity index (χ4v) is 3.08. The van der Waals surface area contributed by atoms with Crippen molar-refractivity contribution >= 4 is 35.6 Å². The minimum absolute atomic E-state index is 0. The molecule has 152 valence electrons. The number of morpholine rings is 1. The predicted octanol–water partition coefficient (Wildman–Crippen LogP) is 2.23. The van der Waals surface area contributed by atoms with Gasteiger partial charge in [-0.2, -0.15) is 0 Å². The molecule has 1 heterocycles. The van der Waals surface area contributed by atoms with Crippen molar-refractivity contribution in [3.8, 4) is 0 Å². The molecule has 1 aliphatic heterocycles. The molecule has 0 spiro atoms. The molecule has 0 bridgehead atoms. The summed E-state index contributed by atoms with van der Waals surface area (Å²) in [5, 5.41) is 17.5. The first-order valence-corrected chi connectivity index (χ1v) is 9.01. The first-order chi connectivity index (χ1) is 12.5. The molecule has 8 nitrogen and oxygen atoms in total. The molecule has 2 N–H and O–H groups in total. The van der Waals surface area contributed by atoms with Crippen LogP contribution in [-0.2, 0) is 11.3 Å². The highest BCUT2D eigenvalue weighted by atomic mass is 127. The van der Waals surface area contributed by atoms with Crippen LogP contribution in [0.2, 0.25) is 0 Å². The number of guanidine groups is 1. The van der Waals surface area contributed by atoms with Gasteiger partial charge in [0.25, 0.3) is 5.69 Å². The van der Waals surface area contributed by atoms with E-state index in [0.29, 0.717) is 24.5 Å². The highest BCUT2D eigenvalue weighted by Gasteiger charge is 2.23. The normalized spacial score (nSPS) is 16.5. The van der Waals surface area contributed by atoms with Crippen molar-refractivity contribution in [2.45, 2.75) is 26.4 Å². The van der Waals surface area contributed by atoms with Crippen molar-refractivity contribution in [1.82, 2.24) is 15.5 Å². The molecule has 0 saturated carbocycles. The van der Waals surface area contributed by atoms with Crippen molar-refractivity contribution in [1.29, 1.82) is 0 Å². The van der Waals surface area contributed by atoms with Crippen molar-refractivity contribution in [2.75, 3.05) is 39.9 Å². The van der Waals surface area contributed by atoms with Crippen LogP contribution in [0.5, 0.6) is 0 Å². The van der Waals surface area contributed by atoms with E-state index in [-0.39, 0.29) is 34.6 Å². The monoisotopic (exact) mass is 491 g/mol. The maximum atomic E-state index is 10.9. The third kappa shape index (κ3) is 7.59. The Balaban J connectivity index is 0.00000364. The summed E-state index contributed by atoms with van der Waals surface area (Å²) < 4.78 is 5.44. The van der Waals surface area contributed by atoms with Gasteiger partial charge < -0.3 is 15.4 Å². The lowest BCUT2D eigenvalue weighted by molar-refractivity contribution is -0.384. The molecule has 1 aromatic rings. The number of rotatable bonds is 7. The Bertz CT molecular complexity index is 621. The molecular formula is C18H30IN5O3. The highest BCUT2D eigenvalue weighted by Crippen LogP contribution is 2.13. The Hall–Kier alpha value is -1.46. The van der Waals surface area contributed by atoms with Gasteiger partial charge in [0.2, 0.25) is 0 Å². The molecule has 0 aliphatic carbocycles. The zero-order chi connectivity index (χ0) is 18.9. The van der Waals surface area contributed by atoms with Gasteiger partial charge >= 0.3 is 0 Å². The summed E-state index contributed by atoms with van der Waals surface area (Å²) >= 11 is 0. The van der Waals surface area contributed by atoms with Crippen LogP contribution in [0, 0.1) is 16.0 Å². The van der Waals surface area contributed by atoms with E-state index in [2.05, 4.69) is 34.4 Å². The Morgan fingerprint density at radius 2 is 2.04 bits per heavy atom. The van der Waals surface area contributed by atoms with E-state index >= 15 is 0 Å². The number of benzene rings is 1. The SMILES string of the molecule is CN=C(NCc1cccc([N+](=O)[O-])c1)NCC(C(C)C)N1CCOCC1.I. The Labute approximate surface area is 177 Å². The summed E-state index contributed by atoms with van der Waals surface area (Å²) in [5.74, 6) is 1.20. The number of nitrogens with zero attached hydrogens (tertiary/aromatic N) is 3. The van der Waals surface area contributed by atoms with E-state index in [9.17, 15) is 10.1 Å². The average Bonchev–Trinajstić information content (AvgIpc) is 2.65. The summed E-state index contributed by atoms with van der Waals surface area (Å²) in [5.41, 5.74) is 0.940. The van der Waals surface area contributed by atoms with Gasteiger partial charge in [0.15, 0.2) is 5.96 Å². The van der Waals surface area contributed by atoms with Gasteiger partial charge in [-0.15, -0.1) is 24.0 Å². The second-order valence-corrected chi connectivity index (χ2v) is 6.69. The second kappa shape index (κ2) is 12.1. The lowest BCUT2D eigenvalue weighted by Gasteiger charge is -2.37. The number of hydrogen-bond donors (Lipinski definition) is 2. The van der Waals surface area contributed by atoms with Crippen molar-refractivity contribution in [3.05, 3.63) is 39.9 Å². The zero-order valence-corrected chi connectivity index (χ0v) is 18.5. The van der Waals surface area contributed by atoms with Crippen LogP contribution >= 0.6 is 24.0 Å². The molecular weight excluding hydrogens is 461 g/mol. The summed E-state index contributed by atoms with van der Waals surface area (Å²) in [6.45, 7) is 9.17. The molecule has 0 amide bonds. The van der Waals surface area contributed by atoms with Crippen molar-refractivity contribution in [2.24, 2.45) is 10.9 Å². The van der Waals surface area contributed by atoms with Crippen LogP contribution in [0.4, 0.5) is 5.69 Å². The summed E-state index contributed by atoms with van der Waals surface area (Å²) in [6, 6.07) is 7.02. The Morgan fingerprint density at radius 1 is 1.33 bits per heavy atom. The average molecular weight is 491 g/mol. The van der Waals surface area contributed by atoms with E-state index in [1.807, 2.05) is 6.07 Å². The smallest absolute Gasteiger partial charge is 0.269 e. The van der Waals surface area contributed by atoms with Crippen LogP contribution in [0.15, 0.2) is 29.3 Å². The standard InChI is InChI=1S/C18H29N5O3.HI/c1-14(2)17(22-7-9-26-10-8-22)13-21-18(19-3)20-12-15-5-4-6-16(11-15)23(24)25;/h4-6,11,14,17H,7-10,12-13H2,1-3H3,(H2,19,20,21);1H. The fraction of sp³-hybridized carbons (Fsp3) is 0.611. The third-order valence-electron chi connectivity index (χ3n) is 4.57. The summed E-state index contributed by atoms with van der Waals surface area (Å²) in [7, 11) is 1.72. The van der Waals surface area contributed by atoms with E-state index in [1.54, 1.807) is 19.2 Å². The van der Waals surface area contributed by atoms with E-state index in [1.165, 1.54) is 6.07 Å². The molecule has 1 fully saturated rings. The number of halogens is 1. The molecule has 1 saturated heterocycles. The van der Waals surface area contributed by atoms with Gasteiger partial charge in [-0.1, -0.05) is 26.0 Å². The number of nitro groups is 1. The molecule has 1 atom stereocenters. The van der Waals surface area contributed by atoms with Crippen LogP contribution in [0.3, 0.4) is 0 Å². The quantitative estimate of drug-likeness (QED) is 0.200. The fourth-order valence-electron chi connectivity index (χ4n) is 3.08. The third-order valence-corrected chi connectivity index (χ3v) is 4.57. The lowest BCUT2D eigenvalue weighted by atomic mass is 10.0. The van der Waals surface area contributed by atoms with Crippen LogP contribution in [-0.4, -0.2) is 61.7 Å². The molecule has 9 heteroatoms. The number of nitro benzene ring substituents is 1. The van der Waals surface area contributed by atoms with E-state index in [4.69, 9.17) is 4.74 Å². The number of hydrogen-bond acceptors (Lipinski definition) is 5. The largest absolute Gasteiger partial charge is 0.379 e. The number of aliphatic imine (C=N–C) groups is 1. The first kappa shape index (κ1) is 23.6. The van der Waals surface area contributed by atoms with Crippen molar-refractivity contribution in [3.63, 3.8) is 0 Å². The first-order valence-electron chi connectivity index (χ1n) is 9.01. The Morgan fingerprint density at radius 3 is 2.63 bits per heavy atom. The van der Waals surface area contributed by atoms with E-state index in [0.717, 1.165) is 38.4 Å². The molecule has 27 heavy (non-hydrogen) atoms. The zero-order valence-electron chi connectivity index (χ0n) is 16.2. The molecule has 1 aliphatic rings. The molecule has 0 aromatic heterocycles. The van der Waals surface area contributed by atoms with Gasteiger partial charge in [-0.25, -0.2) is 0 Å². The second-order valence-electron chi connectivity index (χ2n) is 6.69.